The smallest absolute Gasteiger partial charge is 0.191 e. The van der Waals surface area contributed by atoms with E-state index in [4.69, 9.17) is 5.26 Å². The molecule has 23 heavy (non-hydrogen) atoms. The second-order valence-electron chi connectivity index (χ2n) is 5.87. The van der Waals surface area contributed by atoms with Gasteiger partial charge in [0.05, 0.1) is 18.2 Å². The highest BCUT2D eigenvalue weighted by molar-refractivity contribution is 8.00. The molecule has 1 aliphatic rings. The summed E-state index contributed by atoms with van der Waals surface area (Å²) in [4.78, 5) is 4.45. The first-order valence-electron chi connectivity index (χ1n) is 7.91. The van der Waals surface area contributed by atoms with Crippen LogP contribution in [0.4, 0.5) is 4.39 Å². The Morgan fingerprint density at radius 2 is 2.30 bits per heavy atom. The summed E-state index contributed by atoms with van der Waals surface area (Å²) in [6, 6.07) is 6.37. The number of benzene rings is 1. The summed E-state index contributed by atoms with van der Waals surface area (Å²) < 4.78 is 14.1. The Hall–Kier alpha value is -1.74. The fourth-order valence-corrected chi connectivity index (χ4v) is 3.76. The zero-order chi connectivity index (χ0) is 16.7. The number of rotatable bonds is 5. The minimum Gasteiger partial charge on any atom is -0.357 e. The van der Waals surface area contributed by atoms with E-state index in [1.165, 1.54) is 30.7 Å². The number of nitrogens with one attached hydrogen (secondary N) is 2. The largest absolute Gasteiger partial charge is 0.357 e. The van der Waals surface area contributed by atoms with Gasteiger partial charge in [0.15, 0.2) is 5.96 Å². The number of hydrogen-bond acceptors (Lipinski definition) is 3. The fraction of sp³-hybridized carbons (Fsp3) is 0.529. The van der Waals surface area contributed by atoms with Crippen LogP contribution in [0, 0.1) is 17.1 Å². The lowest BCUT2D eigenvalue weighted by molar-refractivity contribution is 0.583. The zero-order valence-corrected chi connectivity index (χ0v) is 14.5. The van der Waals surface area contributed by atoms with Crippen molar-refractivity contribution in [2.75, 3.05) is 18.8 Å². The van der Waals surface area contributed by atoms with Crippen molar-refractivity contribution in [3.05, 3.63) is 35.1 Å². The van der Waals surface area contributed by atoms with E-state index in [0.29, 0.717) is 17.1 Å². The molecule has 1 aromatic carbocycles. The summed E-state index contributed by atoms with van der Waals surface area (Å²) in [6.07, 6.45) is 2.45. The molecule has 0 aliphatic carbocycles. The Morgan fingerprint density at radius 1 is 1.48 bits per heavy atom. The van der Waals surface area contributed by atoms with E-state index in [0.717, 1.165) is 13.1 Å². The average Bonchev–Trinajstić information content (AvgIpc) is 2.98. The number of aliphatic imine (C=N–C) groups is 1. The molecule has 0 saturated carbocycles. The number of thioether (sulfide) groups is 1. The van der Waals surface area contributed by atoms with Gasteiger partial charge in [-0.15, -0.1) is 0 Å². The minimum atomic E-state index is -0.332. The molecule has 0 bridgehead atoms. The van der Waals surface area contributed by atoms with Gasteiger partial charge in [0.1, 0.15) is 5.82 Å². The molecule has 124 valence electrons. The topological polar surface area (TPSA) is 60.2 Å². The molecule has 4 nitrogen and oxygen atoms in total. The molecular weight excluding hydrogens is 311 g/mol. The summed E-state index contributed by atoms with van der Waals surface area (Å²) in [6.45, 7) is 6.05. The van der Waals surface area contributed by atoms with Crippen LogP contribution in [0.2, 0.25) is 0 Å². The number of guanidine groups is 1. The molecule has 1 aromatic rings. The Morgan fingerprint density at radius 3 is 2.96 bits per heavy atom. The van der Waals surface area contributed by atoms with Crippen molar-refractivity contribution in [2.45, 2.75) is 38.0 Å². The lowest BCUT2D eigenvalue weighted by Crippen LogP contribution is -2.43. The van der Waals surface area contributed by atoms with Crippen LogP contribution in [0.25, 0.3) is 0 Å². The summed E-state index contributed by atoms with van der Waals surface area (Å²) in [5.74, 6) is 1.56. The quantitative estimate of drug-likeness (QED) is 0.642. The predicted molar refractivity (Wildman–Crippen MR) is 94.0 cm³/mol. The van der Waals surface area contributed by atoms with Crippen LogP contribution in [0.5, 0.6) is 0 Å². The second-order valence-corrected chi connectivity index (χ2v) is 7.55. The molecule has 0 spiro atoms. The molecule has 2 rings (SSSR count). The van der Waals surface area contributed by atoms with Gasteiger partial charge in [0.2, 0.25) is 0 Å². The lowest BCUT2D eigenvalue weighted by atomic mass is 10.1. The first-order chi connectivity index (χ1) is 11.1. The maximum atomic E-state index is 13.8. The van der Waals surface area contributed by atoms with Crippen LogP contribution in [0.1, 0.15) is 37.8 Å². The first kappa shape index (κ1) is 17.6. The van der Waals surface area contributed by atoms with Gasteiger partial charge in [-0.1, -0.05) is 0 Å². The van der Waals surface area contributed by atoms with Crippen LogP contribution in [-0.4, -0.2) is 29.5 Å². The highest BCUT2D eigenvalue weighted by Gasteiger charge is 2.29. The van der Waals surface area contributed by atoms with Crippen molar-refractivity contribution in [3.63, 3.8) is 0 Å². The molecule has 2 N–H and O–H groups in total. The normalized spacial score (nSPS) is 21.0. The zero-order valence-electron chi connectivity index (χ0n) is 13.7. The van der Waals surface area contributed by atoms with Crippen molar-refractivity contribution in [2.24, 2.45) is 4.99 Å². The molecule has 1 saturated heterocycles. The van der Waals surface area contributed by atoms with Crippen molar-refractivity contribution >= 4 is 17.7 Å². The Balaban J connectivity index is 2.02. The van der Waals surface area contributed by atoms with Crippen molar-refractivity contribution in [1.82, 2.24) is 10.6 Å². The van der Waals surface area contributed by atoms with Crippen LogP contribution in [-0.2, 0) is 6.54 Å². The van der Waals surface area contributed by atoms with E-state index in [9.17, 15) is 4.39 Å². The van der Waals surface area contributed by atoms with Crippen LogP contribution in [0.15, 0.2) is 23.2 Å². The Bertz CT molecular complexity index is 603. The highest BCUT2D eigenvalue weighted by Crippen LogP contribution is 2.36. The molecule has 1 heterocycles. The van der Waals surface area contributed by atoms with Gasteiger partial charge in [-0.25, -0.2) is 9.38 Å². The SMILES string of the molecule is CCNC(=NCc1cc(C#N)ccc1F)NCC1(C)CCCS1. The Kier molecular flexibility index (Phi) is 6.28. The maximum Gasteiger partial charge on any atom is 0.191 e. The summed E-state index contributed by atoms with van der Waals surface area (Å²) in [5, 5.41) is 15.4. The molecule has 1 fully saturated rings. The number of halogens is 1. The van der Waals surface area contributed by atoms with Gasteiger partial charge < -0.3 is 10.6 Å². The third-order valence-electron chi connectivity index (χ3n) is 3.86. The van der Waals surface area contributed by atoms with Crippen LogP contribution < -0.4 is 10.6 Å². The molecule has 1 unspecified atom stereocenters. The Labute approximate surface area is 141 Å². The third kappa shape index (κ3) is 5.14. The van der Waals surface area contributed by atoms with E-state index in [2.05, 4.69) is 22.5 Å². The van der Waals surface area contributed by atoms with Gasteiger partial charge >= 0.3 is 0 Å². The summed E-state index contributed by atoms with van der Waals surface area (Å²) in [5.41, 5.74) is 0.882. The van der Waals surface area contributed by atoms with E-state index < -0.39 is 0 Å². The van der Waals surface area contributed by atoms with Gasteiger partial charge in [0.25, 0.3) is 0 Å². The van der Waals surface area contributed by atoms with Crippen LogP contribution in [0.3, 0.4) is 0 Å². The van der Waals surface area contributed by atoms with Gasteiger partial charge in [-0.05, 0) is 50.6 Å². The molecule has 6 heteroatoms. The van der Waals surface area contributed by atoms with Crippen molar-refractivity contribution in [3.8, 4) is 6.07 Å². The average molecular weight is 334 g/mol. The number of hydrogen-bond donors (Lipinski definition) is 2. The van der Waals surface area contributed by atoms with Gasteiger partial charge in [-0.3, -0.25) is 0 Å². The van der Waals surface area contributed by atoms with E-state index >= 15 is 0 Å². The molecule has 0 radical (unpaired) electrons. The minimum absolute atomic E-state index is 0.209. The molecule has 0 aromatic heterocycles. The van der Waals surface area contributed by atoms with Gasteiger partial charge in [-0.2, -0.15) is 17.0 Å². The monoisotopic (exact) mass is 334 g/mol. The maximum absolute atomic E-state index is 13.8. The van der Waals surface area contributed by atoms with Crippen LogP contribution >= 0.6 is 11.8 Å². The van der Waals surface area contributed by atoms with Gasteiger partial charge in [0, 0.05) is 23.4 Å². The summed E-state index contributed by atoms with van der Waals surface area (Å²) >= 11 is 1.99. The molecule has 1 atom stereocenters. The standard InChI is InChI=1S/C17H23FN4S/c1-3-20-16(22-12-17(2)7-4-8-23-17)21-11-14-9-13(10-19)5-6-15(14)18/h5-6,9H,3-4,7-8,11-12H2,1-2H3,(H2,20,21,22). The molecular formula is C17H23FN4S. The van der Waals surface area contributed by atoms with Crippen molar-refractivity contribution < 1.29 is 4.39 Å². The van der Waals surface area contributed by atoms with E-state index in [1.807, 2.05) is 24.8 Å². The second kappa shape index (κ2) is 8.21. The molecule has 1 aliphatic heterocycles. The predicted octanol–water partition coefficient (Wildman–Crippen LogP) is 3.04. The molecule has 0 amide bonds. The number of nitrogens with zero attached hydrogens (tertiary/aromatic N) is 2. The number of nitriles is 1. The van der Waals surface area contributed by atoms with E-state index in [-0.39, 0.29) is 17.1 Å². The lowest BCUT2D eigenvalue weighted by Gasteiger charge is -2.24. The summed E-state index contributed by atoms with van der Waals surface area (Å²) in [7, 11) is 0. The van der Waals surface area contributed by atoms with Crippen molar-refractivity contribution in [1.29, 1.82) is 5.26 Å². The fourth-order valence-electron chi connectivity index (χ4n) is 2.52. The highest BCUT2D eigenvalue weighted by atomic mass is 32.2. The third-order valence-corrected chi connectivity index (χ3v) is 5.39. The first-order valence-corrected chi connectivity index (χ1v) is 8.89. The van der Waals surface area contributed by atoms with E-state index in [1.54, 1.807) is 6.07 Å².